The minimum atomic E-state index is -0.876. The largest absolute Gasteiger partial charge is 0.618 e. The normalized spacial score (nSPS) is 12.4. The molecule has 0 fully saturated rings. The summed E-state index contributed by atoms with van der Waals surface area (Å²) in [5.41, 5.74) is 0.859. The average Bonchev–Trinajstić information content (AvgIpc) is 2.49. The third kappa shape index (κ3) is 2.70. The van der Waals surface area contributed by atoms with Crippen molar-refractivity contribution in [1.29, 1.82) is 5.26 Å². The second kappa shape index (κ2) is 5.58. The van der Waals surface area contributed by atoms with Crippen LogP contribution in [0, 0.1) is 22.0 Å². The molecule has 0 amide bonds. The van der Waals surface area contributed by atoms with Gasteiger partial charge in [0.05, 0.1) is 6.07 Å². The molecule has 0 aliphatic heterocycles. The van der Waals surface area contributed by atoms with Crippen molar-refractivity contribution in [2.75, 3.05) is 0 Å². The van der Waals surface area contributed by atoms with Crippen molar-refractivity contribution < 1.29 is 4.74 Å². The highest BCUT2D eigenvalue weighted by Gasteiger charge is 2.34. The predicted octanol–water partition coefficient (Wildman–Crippen LogP) is 3.87. The fourth-order valence-corrected chi connectivity index (χ4v) is 2.07. The molecule has 2 aromatic carbocycles. The highest BCUT2D eigenvalue weighted by Crippen LogP contribution is 2.25. The Morgan fingerprint density at radius 1 is 1.00 bits per heavy atom. The van der Waals surface area contributed by atoms with E-state index in [4.69, 9.17) is 0 Å². The average molecular weight is 264 g/mol. The molecule has 0 aromatic heterocycles. The monoisotopic (exact) mass is 264 g/mol. The van der Waals surface area contributed by atoms with Crippen molar-refractivity contribution in [3.8, 4) is 6.07 Å². The van der Waals surface area contributed by atoms with Crippen LogP contribution >= 0.6 is 0 Å². The van der Waals surface area contributed by atoms with Gasteiger partial charge in [-0.2, -0.15) is 10.0 Å². The number of hydrogen-bond acceptors (Lipinski definition) is 2. The van der Waals surface area contributed by atoms with Crippen molar-refractivity contribution in [1.82, 2.24) is 0 Å². The van der Waals surface area contributed by atoms with Crippen LogP contribution in [0.25, 0.3) is 0 Å². The lowest BCUT2D eigenvalue weighted by Crippen LogP contribution is -2.29. The Morgan fingerprint density at radius 2 is 1.50 bits per heavy atom. The molecule has 0 heterocycles. The van der Waals surface area contributed by atoms with Gasteiger partial charge in [-0.15, -0.1) is 0 Å². The predicted molar refractivity (Wildman–Crippen MR) is 79.7 cm³/mol. The van der Waals surface area contributed by atoms with E-state index in [1.165, 1.54) is 0 Å². The lowest BCUT2D eigenvalue weighted by atomic mass is 9.84. The number of nitrogens with zero attached hydrogens (tertiary/aromatic N) is 2. The maximum absolute atomic E-state index is 12.7. The minimum Gasteiger partial charge on any atom is -0.618 e. The van der Waals surface area contributed by atoms with Gasteiger partial charge in [-0.25, -0.2) is 0 Å². The first kappa shape index (κ1) is 13.8. The van der Waals surface area contributed by atoms with E-state index in [-0.39, 0.29) is 0 Å². The molecule has 100 valence electrons. The van der Waals surface area contributed by atoms with Crippen LogP contribution in [0.3, 0.4) is 0 Å². The number of nitriles is 1. The summed E-state index contributed by atoms with van der Waals surface area (Å²) in [6.07, 6.45) is 0. The Kier molecular flexibility index (Phi) is 3.86. The van der Waals surface area contributed by atoms with Crippen molar-refractivity contribution in [3.63, 3.8) is 0 Å². The first-order valence-corrected chi connectivity index (χ1v) is 6.42. The molecule has 20 heavy (non-hydrogen) atoms. The first-order valence-electron chi connectivity index (χ1n) is 6.42. The summed E-state index contributed by atoms with van der Waals surface area (Å²) in [6, 6.07) is 20.5. The van der Waals surface area contributed by atoms with Gasteiger partial charge < -0.3 is 5.21 Å². The molecule has 0 saturated heterocycles. The molecule has 0 bridgehead atoms. The SMILES string of the molecule is CC(C)(C#N)/C(c1ccccc1)=[N+](\[O-])c1ccccc1. The van der Waals surface area contributed by atoms with Crippen molar-refractivity contribution in [2.45, 2.75) is 13.8 Å². The smallest absolute Gasteiger partial charge is 0.220 e. The van der Waals surface area contributed by atoms with Crippen LogP contribution < -0.4 is 0 Å². The van der Waals surface area contributed by atoms with E-state index in [2.05, 4.69) is 6.07 Å². The van der Waals surface area contributed by atoms with E-state index < -0.39 is 5.41 Å². The van der Waals surface area contributed by atoms with E-state index in [1.807, 2.05) is 48.5 Å². The van der Waals surface area contributed by atoms with Crippen LogP contribution in [0.2, 0.25) is 0 Å². The molecule has 0 aliphatic rings. The van der Waals surface area contributed by atoms with Gasteiger partial charge in [0.1, 0.15) is 5.41 Å². The molecule has 0 atom stereocenters. The zero-order chi connectivity index (χ0) is 14.6. The fourth-order valence-electron chi connectivity index (χ4n) is 2.07. The van der Waals surface area contributed by atoms with Gasteiger partial charge in [0.2, 0.25) is 11.4 Å². The Balaban J connectivity index is 2.68. The zero-order valence-electron chi connectivity index (χ0n) is 11.6. The second-order valence-corrected chi connectivity index (χ2v) is 5.08. The second-order valence-electron chi connectivity index (χ2n) is 5.08. The molecule has 3 nitrogen and oxygen atoms in total. The third-order valence-corrected chi connectivity index (χ3v) is 3.11. The van der Waals surface area contributed by atoms with Crippen molar-refractivity contribution in [2.24, 2.45) is 5.41 Å². The molecule has 3 heteroatoms. The van der Waals surface area contributed by atoms with E-state index in [0.29, 0.717) is 11.4 Å². The summed E-state index contributed by atoms with van der Waals surface area (Å²) in [7, 11) is 0. The highest BCUT2D eigenvalue weighted by molar-refractivity contribution is 6.03. The summed E-state index contributed by atoms with van der Waals surface area (Å²) in [5.74, 6) is 0. The van der Waals surface area contributed by atoms with E-state index in [0.717, 1.165) is 10.3 Å². The molecule has 0 saturated carbocycles. The van der Waals surface area contributed by atoms with Gasteiger partial charge in [0.25, 0.3) is 0 Å². The summed E-state index contributed by atoms with van der Waals surface area (Å²) >= 11 is 0. The zero-order valence-corrected chi connectivity index (χ0v) is 11.6. The van der Waals surface area contributed by atoms with Crippen molar-refractivity contribution in [3.05, 3.63) is 71.4 Å². The highest BCUT2D eigenvalue weighted by atomic mass is 16.5. The number of benzene rings is 2. The van der Waals surface area contributed by atoms with E-state index in [1.54, 1.807) is 26.0 Å². The molecule has 0 spiro atoms. The molecule has 0 radical (unpaired) electrons. The Hall–Kier alpha value is -2.60. The maximum Gasteiger partial charge on any atom is 0.220 e. The van der Waals surface area contributed by atoms with E-state index in [9.17, 15) is 10.5 Å². The molecule has 2 aromatic rings. The van der Waals surface area contributed by atoms with Crippen LogP contribution in [0.1, 0.15) is 19.4 Å². The van der Waals surface area contributed by atoms with Gasteiger partial charge in [-0.05, 0) is 26.0 Å². The van der Waals surface area contributed by atoms with Crippen LogP contribution in [-0.2, 0) is 0 Å². The van der Waals surface area contributed by atoms with Gasteiger partial charge >= 0.3 is 0 Å². The van der Waals surface area contributed by atoms with Crippen LogP contribution in [0.15, 0.2) is 60.7 Å². The van der Waals surface area contributed by atoms with Crippen molar-refractivity contribution >= 4 is 11.4 Å². The van der Waals surface area contributed by atoms with Crippen LogP contribution in [0.4, 0.5) is 5.69 Å². The first-order chi connectivity index (χ1) is 9.56. The fraction of sp³-hybridized carbons (Fsp3) is 0.176. The summed E-state index contributed by atoms with van der Waals surface area (Å²) in [5, 5.41) is 22.1. The summed E-state index contributed by atoms with van der Waals surface area (Å²) < 4.78 is 0.846. The molecule has 2 rings (SSSR count). The molecule has 0 unspecified atom stereocenters. The lowest BCUT2D eigenvalue weighted by Gasteiger charge is -2.19. The lowest BCUT2D eigenvalue weighted by molar-refractivity contribution is -0.364. The van der Waals surface area contributed by atoms with Crippen LogP contribution in [-0.4, -0.2) is 10.5 Å². The van der Waals surface area contributed by atoms with Gasteiger partial charge in [0.15, 0.2) is 0 Å². The van der Waals surface area contributed by atoms with E-state index >= 15 is 0 Å². The van der Waals surface area contributed by atoms with Crippen LogP contribution in [0.5, 0.6) is 0 Å². The minimum absolute atomic E-state index is 0.451. The Bertz CT molecular complexity index is 652. The molecular weight excluding hydrogens is 248 g/mol. The Labute approximate surface area is 119 Å². The standard InChI is InChI=1S/C17H16N2O/c1-17(2,13-18)16(14-9-5-3-6-10-14)19(20)15-11-7-4-8-12-15/h3-12H,1-2H3/b19-16-. The number of hydrogen-bond donors (Lipinski definition) is 0. The third-order valence-electron chi connectivity index (χ3n) is 3.11. The summed E-state index contributed by atoms with van der Waals surface area (Å²) in [6.45, 7) is 3.51. The summed E-state index contributed by atoms with van der Waals surface area (Å²) in [4.78, 5) is 0. The van der Waals surface area contributed by atoms with Gasteiger partial charge in [-0.1, -0.05) is 36.4 Å². The quantitative estimate of drug-likeness (QED) is 0.366. The molecule has 0 aliphatic carbocycles. The Morgan fingerprint density at radius 3 is 2.00 bits per heavy atom. The van der Waals surface area contributed by atoms with Gasteiger partial charge in [-0.3, -0.25) is 0 Å². The molecule has 0 N–H and O–H groups in total. The molecular formula is C17H16N2O. The number of para-hydroxylation sites is 1. The number of rotatable bonds is 3. The topological polar surface area (TPSA) is 49.9 Å². The maximum atomic E-state index is 12.7. The van der Waals surface area contributed by atoms with Gasteiger partial charge in [0, 0.05) is 17.7 Å².